The largest absolute Gasteiger partial charge is 0.452 e. The molecule has 7 heteroatoms. The number of halogens is 1. The lowest BCUT2D eigenvalue weighted by Crippen LogP contribution is -2.21. The Balaban J connectivity index is 1.44. The van der Waals surface area contributed by atoms with Gasteiger partial charge in [-0.3, -0.25) is 4.79 Å². The number of pyridine rings is 1. The van der Waals surface area contributed by atoms with Gasteiger partial charge in [-0.2, -0.15) is 5.26 Å². The first kappa shape index (κ1) is 23.0. The third kappa shape index (κ3) is 4.61. The number of fused-ring (bicyclic) bond motifs is 2. The van der Waals surface area contributed by atoms with Crippen molar-refractivity contribution in [2.24, 2.45) is 0 Å². The van der Waals surface area contributed by atoms with Gasteiger partial charge < -0.3 is 10.1 Å². The highest BCUT2D eigenvalue weighted by molar-refractivity contribution is 6.31. The summed E-state index contributed by atoms with van der Waals surface area (Å²) in [7, 11) is 0. The number of rotatable bonds is 5. The minimum absolute atomic E-state index is 0.249. The van der Waals surface area contributed by atoms with Crippen LogP contribution >= 0.6 is 11.6 Å². The number of hydrogen-bond donors (Lipinski definition) is 1. The molecule has 0 aliphatic heterocycles. The van der Waals surface area contributed by atoms with E-state index in [0.717, 1.165) is 16.3 Å². The van der Waals surface area contributed by atoms with Crippen molar-refractivity contribution in [3.8, 4) is 17.3 Å². The van der Waals surface area contributed by atoms with Gasteiger partial charge in [0, 0.05) is 16.0 Å². The monoisotopic (exact) mass is 491 g/mol. The highest BCUT2D eigenvalue weighted by Gasteiger charge is 2.18. The Morgan fingerprint density at radius 2 is 1.67 bits per heavy atom. The number of anilines is 1. The number of nitrogens with one attached hydrogen (secondary N) is 1. The average Bonchev–Trinajstić information content (AvgIpc) is 2.91. The number of ether oxygens (including phenoxy) is 1. The molecule has 0 saturated heterocycles. The molecule has 0 radical (unpaired) electrons. The summed E-state index contributed by atoms with van der Waals surface area (Å²) in [6, 6.07) is 29.4. The maximum Gasteiger partial charge on any atom is 0.339 e. The summed E-state index contributed by atoms with van der Waals surface area (Å²) in [4.78, 5) is 30.4. The van der Waals surface area contributed by atoms with Crippen molar-refractivity contribution in [2.75, 3.05) is 11.9 Å². The first-order valence-electron chi connectivity index (χ1n) is 11.1. The average molecular weight is 492 g/mol. The van der Waals surface area contributed by atoms with E-state index in [1.807, 2.05) is 66.7 Å². The van der Waals surface area contributed by atoms with Crippen LogP contribution in [0.25, 0.3) is 32.9 Å². The standard InChI is InChI=1S/C29H18ClN3O3/c30-20-13-12-19(16-31)26(14-20)33-28(34)17-36-29(35)24-15-27(32-25-11-4-3-9-23(24)25)22-10-5-7-18-6-1-2-8-21(18)22/h1-15H,17H2,(H,33,34). The number of carbonyl (C=O) groups excluding carboxylic acids is 2. The van der Waals surface area contributed by atoms with Gasteiger partial charge >= 0.3 is 5.97 Å². The second-order valence-electron chi connectivity index (χ2n) is 8.02. The summed E-state index contributed by atoms with van der Waals surface area (Å²) in [5.74, 6) is -1.24. The van der Waals surface area contributed by atoms with Gasteiger partial charge in [0.2, 0.25) is 0 Å². The predicted octanol–water partition coefficient (Wildman–Crippen LogP) is 6.38. The van der Waals surface area contributed by atoms with Gasteiger partial charge in [0.25, 0.3) is 5.91 Å². The molecule has 0 unspecified atom stereocenters. The zero-order valence-corrected chi connectivity index (χ0v) is 19.6. The summed E-state index contributed by atoms with van der Waals surface area (Å²) < 4.78 is 5.36. The molecule has 0 spiro atoms. The second-order valence-corrected chi connectivity index (χ2v) is 8.46. The first-order chi connectivity index (χ1) is 17.5. The lowest BCUT2D eigenvalue weighted by Gasteiger charge is -2.12. The van der Waals surface area contributed by atoms with E-state index in [-0.39, 0.29) is 11.3 Å². The summed E-state index contributed by atoms with van der Waals surface area (Å²) in [5, 5.41) is 14.9. The van der Waals surface area contributed by atoms with Crippen LogP contribution in [0.5, 0.6) is 0 Å². The Kier molecular flexibility index (Phi) is 6.31. The molecule has 1 aromatic heterocycles. The molecular weight excluding hydrogens is 474 g/mol. The number of hydrogen-bond acceptors (Lipinski definition) is 5. The maximum absolute atomic E-state index is 13.1. The van der Waals surface area contributed by atoms with Crippen molar-refractivity contribution in [1.29, 1.82) is 5.26 Å². The molecule has 0 bridgehead atoms. The van der Waals surface area contributed by atoms with Gasteiger partial charge in [0.1, 0.15) is 6.07 Å². The van der Waals surface area contributed by atoms with Gasteiger partial charge in [-0.05, 0) is 41.1 Å². The molecule has 4 aromatic carbocycles. The number of carbonyl (C=O) groups is 2. The molecule has 6 nitrogen and oxygen atoms in total. The summed E-state index contributed by atoms with van der Waals surface area (Å²) in [6.45, 7) is -0.531. The first-order valence-corrected chi connectivity index (χ1v) is 11.5. The number of amides is 1. The summed E-state index contributed by atoms with van der Waals surface area (Å²) >= 11 is 5.97. The maximum atomic E-state index is 13.1. The van der Waals surface area contributed by atoms with Crippen LogP contribution in [0.1, 0.15) is 15.9 Å². The Hall–Kier alpha value is -4.73. The lowest BCUT2D eigenvalue weighted by molar-refractivity contribution is -0.119. The van der Waals surface area contributed by atoms with Crippen molar-refractivity contribution >= 4 is 50.8 Å². The fourth-order valence-electron chi connectivity index (χ4n) is 4.04. The smallest absolute Gasteiger partial charge is 0.339 e. The number of aromatic nitrogens is 1. The topological polar surface area (TPSA) is 92.1 Å². The molecule has 0 fully saturated rings. The Labute approximate surface area is 211 Å². The third-order valence-electron chi connectivity index (χ3n) is 5.71. The molecule has 0 atom stereocenters. The molecule has 1 heterocycles. The van der Waals surface area contributed by atoms with Gasteiger partial charge in [-0.15, -0.1) is 0 Å². The summed E-state index contributed by atoms with van der Waals surface area (Å²) in [5.41, 5.74) is 2.95. The van der Waals surface area contributed by atoms with Crippen molar-refractivity contribution in [1.82, 2.24) is 4.98 Å². The van der Waals surface area contributed by atoms with Crippen molar-refractivity contribution in [3.05, 3.63) is 107 Å². The molecule has 1 N–H and O–H groups in total. The molecule has 174 valence electrons. The molecule has 5 rings (SSSR count). The SMILES string of the molecule is N#Cc1ccc(Cl)cc1NC(=O)COC(=O)c1cc(-c2cccc3ccccc23)nc2ccccc12. The molecule has 0 saturated carbocycles. The van der Waals surface area contributed by atoms with E-state index in [1.54, 1.807) is 18.2 Å². The van der Waals surface area contributed by atoms with Gasteiger partial charge in [0.15, 0.2) is 6.61 Å². The van der Waals surface area contributed by atoms with Crippen LogP contribution in [-0.4, -0.2) is 23.5 Å². The van der Waals surface area contributed by atoms with Crippen LogP contribution < -0.4 is 5.32 Å². The molecule has 5 aromatic rings. The second kappa shape index (κ2) is 9.87. The number of nitriles is 1. The zero-order valence-electron chi connectivity index (χ0n) is 18.9. The minimum atomic E-state index is -0.656. The molecule has 0 aliphatic rings. The van der Waals surface area contributed by atoms with E-state index in [0.29, 0.717) is 27.2 Å². The van der Waals surface area contributed by atoms with E-state index in [4.69, 9.17) is 21.3 Å². The number of esters is 1. The molecule has 0 aliphatic carbocycles. The fraction of sp³-hybridized carbons (Fsp3) is 0.0345. The normalized spacial score (nSPS) is 10.7. The van der Waals surface area contributed by atoms with Crippen molar-refractivity contribution < 1.29 is 14.3 Å². The van der Waals surface area contributed by atoms with Crippen LogP contribution in [0.3, 0.4) is 0 Å². The van der Waals surface area contributed by atoms with Gasteiger partial charge in [0.05, 0.1) is 28.0 Å². The number of benzene rings is 4. The van der Waals surface area contributed by atoms with Crippen LogP contribution in [0.15, 0.2) is 91.0 Å². The van der Waals surface area contributed by atoms with E-state index in [9.17, 15) is 14.9 Å². The van der Waals surface area contributed by atoms with Crippen molar-refractivity contribution in [3.63, 3.8) is 0 Å². The van der Waals surface area contributed by atoms with E-state index >= 15 is 0 Å². The summed E-state index contributed by atoms with van der Waals surface area (Å²) in [6.07, 6.45) is 0. The highest BCUT2D eigenvalue weighted by atomic mass is 35.5. The third-order valence-corrected chi connectivity index (χ3v) is 5.95. The van der Waals surface area contributed by atoms with Crippen LogP contribution in [0, 0.1) is 11.3 Å². The lowest BCUT2D eigenvalue weighted by atomic mass is 9.99. The van der Waals surface area contributed by atoms with Gasteiger partial charge in [-0.1, -0.05) is 72.3 Å². The Morgan fingerprint density at radius 1 is 0.917 bits per heavy atom. The van der Waals surface area contributed by atoms with E-state index in [1.165, 1.54) is 12.1 Å². The number of para-hydroxylation sites is 1. The van der Waals surface area contributed by atoms with Gasteiger partial charge in [-0.25, -0.2) is 9.78 Å². The Morgan fingerprint density at radius 3 is 2.50 bits per heavy atom. The van der Waals surface area contributed by atoms with Crippen molar-refractivity contribution in [2.45, 2.75) is 0 Å². The predicted molar refractivity (Wildman–Crippen MR) is 140 cm³/mol. The molecule has 36 heavy (non-hydrogen) atoms. The highest BCUT2D eigenvalue weighted by Crippen LogP contribution is 2.31. The fourth-order valence-corrected chi connectivity index (χ4v) is 4.22. The zero-order chi connectivity index (χ0) is 25.1. The van der Waals surface area contributed by atoms with E-state index in [2.05, 4.69) is 5.32 Å². The van der Waals surface area contributed by atoms with E-state index < -0.39 is 18.5 Å². The van der Waals surface area contributed by atoms with Crippen LogP contribution in [0.4, 0.5) is 5.69 Å². The number of nitrogens with zero attached hydrogens (tertiary/aromatic N) is 2. The minimum Gasteiger partial charge on any atom is -0.452 e. The Bertz CT molecular complexity index is 1690. The quantitative estimate of drug-likeness (QED) is 0.288. The molecular formula is C29H18ClN3O3. The molecule has 1 amide bonds. The van der Waals surface area contributed by atoms with Crippen LogP contribution in [-0.2, 0) is 9.53 Å². The van der Waals surface area contributed by atoms with Crippen LogP contribution in [0.2, 0.25) is 5.02 Å².